The van der Waals surface area contributed by atoms with Crippen molar-refractivity contribution < 1.29 is 9.90 Å². The Labute approximate surface area is 113 Å². The van der Waals surface area contributed by atoms with Gasteiger partial charge in [-0.15, -0.1) is 11.3 Å². The van der Waals surface area contributed by atoms with Crippen LogP contribution in [0.3, 0.4) is 0 Å². The summed E-state index contributed by atoms with van der Waals surface area (Å²) in [5.41, 5.74) is 2.09. The molecule has 4 nitrogen and oxygen atoms in total. The van der Waals surface area contributed by atoms with Gasteiger partial charge in [0.2, 0.25) is 0 Å². The van der Waals surface area contributed by atoms with E-state index >= 15 is 0 Å². The van der Waals surface area contributed by atoms with E-state index in [0.717, 1.165) is 15.0 Å². The maximum Gasteiger partial charge on any atom is 0.339 e. The molecule has 3 aromatic rings. The molecule has 0 saturated heterocycles. The van der Waals surface area contributed by atoms with E-state index in [2.05, 4.69) is 23.3 Å². The summed E-state index contributed by atoms with van der Waals surface area (Å²) in [7, 11) is 1.76. The van der Waals surface area contributed by atoms with Gasteiger partial charge in [-0.3, -0.25) is 4.68 Å². The van der Waals surface area contributed by atoms with Gasteiger partial charge in [-0.2, -0.15) is 5.10 Å². The van der Waals surface area contributed by atoms with Crippen molar-refractivity contribution in [3.8, 4) is 10.6 Å². The summed E-state index contributed by atoms with van der Waals surface area (Å²) in [5, 5.41) is 14.4. The highest BCUT2D eigenvalue weighted by molar-refractivity contribution is 7.22. The fourth-order valence-electron chi connectivity index (χ4n) is 2.17. The van der Waals surface area contributed by atoms with Crippen molar-refractivity contribution in [3.05, 3.63) is 41.6 Å². The van der Waals surface area contributed by atoms with Crippen LogP contribution in [0.4, 0.5) is 0 Å². The third kappa shape index (κ3) is 1.92. The Kier molecular flexibility index (Phi) is 2.64. The van der Waals surface area contributed by atoms with Gasteiger partial charge in [0.1, 0.15) is 5.56 Å². The summed E-state index contributed by atoms with van der Waals surface area (Å²) >= 11 is 1.59. The van der Waals surface area contributed by atoms with Crippen molar-refractivity contribution in [2.45, 2.75) is 6.92 Å². The maximum absolute atomic E-state index is 11.2. The molecule has 0 saturated carbocycles. The average Bonchev–Trinajstić information content (AvgIpc) is 2.91. The smallest absolute Gasteiger partial charge is 0.339 e. The van der Waals surface area contributed by atoms with Crippen molar-refractivity contribution in [1.29, 1.82) is 0 Å². The molecule has 0 radical (unpaired) electrons. The van der Waals surface area contributed by atoms with Crippen LogP contribution in [0.25, 0.3) is 20.7 Å². The van der Waals surface area contributed by atoms with Crippen LogP contribution in [0.15, 0.2) is 30.5 Å². The largest absolute Gasteiger partial charge is 0.478 e. The third-order valence-corrected chi connectivity index (χ3v) is 4.20. The van der Waals surface area contributed by atoms with Crippen molar-refractivity contribution in [2.75, 3.05) is 0 Å². The lowest BCUT2D eigenvalue weighted by atomic mass is 10.1. The van der Waals surface area contributed by atoms with Crippen LogP contribution in [0.2, 0.25) is 0 Å². The number of carbonyl (C=O) groups is 1. The van der Waals surface area contributed by atoms with E-state index in [1.165, 1.54) is 11.8 Å². The van der Waals surface area contributed by atoms with Crippen LogP contribution in [0.1, 0.15) is 15.9 Å². The minimum atomic E-state index is -0.947. The zero-order valence-corrected chi connectivity index (χ0v) is 11.4. The van der Waals surface area contributed by atoms with E-state index in [4.69, 9.17) is 0 Å². The summed E-state index contributed by atoms with van der Waals surface area (Å²) in [4.78, 5) is 12.2. The third-order valence-electron chi connectivity index (χ3n) is 3.07. The van der Waals surface area contributed by atoms with E-state index < -0.39 is 5.97 Å². The molecule has 3 rings (SSSR count). The lowest BCUT2D eigenvalue weighted by Gasteiger charge is -1.99. The first-order valence-corrected chi connectivity index (χ1v) is 6.64. The molecule has 0 bridgehead atoms. The van der Waals surface area contributed by atoms with E-state index in [0.29, 0.717) is 5.69 Å². The SMILES string of the molecule is Cc1ccc2sc(-c3c(C(=O)O)cnn3C)cc2c1. The van der Waals surface area contributed by atoms with Crippen LogP contribution in [0, 0.1) is 6.92 Å². The van der Waals surface area contributed by atoms with Gasteiger partial charge in [-0.25, -0.2) is 4.79 Å². The fourth-order valence-corrected chi connectivity index (χ4v) is 3.30. The molecule has 0 aliphatic heterocycles. The minimum absolute atomic E-state index is 0.241. The highest BCUT2D eigenvalue weighted by Gasteiger charge is 2.18. The molecule has 1 N–H and O–H groups in total. The predicted molar refractivity (Wildman–Crippen MR) is 75.7 cm³/mol. The van der Waals surface area contributed by atoms with Crippen LogP contribution in [-0.4, -0.2) is 20.9 Å². The Bertz CT molecular complexity index is 786. The molecule has 19 heavy (non-hydrogen) atoms. The number of hydrogen-bond acceptors (Lipinski definition) is 3. The topological polar surface area (TPSA) is 55.1 Å². The van der Waals surface area contributed by atoms with Gasteiger partial charge in [0.25, 0.3) is 0 Å². The van der Waals surface area contributed by atoms with E-state index in [1.54, 1.807) is 23.1 Å². The first-order chi connectivity index (χ1) is 9.06. The molecule has 0 amide bonds. The Morgan fingerprint density at radius 2 is 2.16 bits per heavy atom. The van der Waals surface area contributed by atoms with Gasteiger partial charge in [-0.1, -0.05) is 17.7 Å². The number of fused-ring (bicyclic) bond motifs is 1. The minimum Gasteiger partial charge on any atom is -0.478 e. The molecule has 0 spiro atoms. The number of carboxylic acid groups (broad SMARTS) is 1. The van der Waals surface area contributed by atoms with Crippen LogP contribution in [-0.2, 0) is 7.05 Å². The van der Waals surface area contributed by atoms with Crippen molar-refractivity contribution in [1.82, 2.24) is 9.78 Å². The Balaban J connectivity index is 2.24. The van der Waals surface area contributed by atoms with Gasteiger partial charge >= 0.3 is 5.97 Å². The highest BCUT2D eigenvalue weighted by Crippen LogP contribution is 2.35. The highest BCUT2D eigenvalue weighted by atomic mass is 32.1. The zero-order chi connectivity index (χ0) is 13.6. The first-order valence-electron chi connectivity index (χ1n) is 5.82. The normalized spacial score (nSPS) is 11.1. The quantitative estimate of drug-likeness (QED) is 0.778. The number of aryl methyl sites for hydroxylation is 2. The number of hydrogen-bond donors (Lipinski definition) is 1. The summed E-state index contributed by atoms with van der Waals surface area (Å²) in [6, 6.07) is 8.25. The van der Waals surface area contributed by atoms with E-state index in [1.807, 2.05) is 13.0 Å². The Hall–Kier alpha value is -2.14. The maximum atomic E-state index is 11.2. The van der Waals surface area contributed by atoms with Crippen LogP contribution >= 0.6 is 11.3 Å². The van der Waals surface area contributed by atoms with Crippen LogP contribution in [0.5, 0.6) is 0 Å². The molecular formula is C14H12N2O2S. The molecular weight excluding hydrogens is 260 g/mol. The summed E-state index contributed by atoms with van der Waals surface area (Å²) < 4.78 is 2.76. The number of nitrogens with zero attached hydrogens (tertiary/aromatic N) is 2. The monoisotopic (exact) mass is 272 g/mol. The molecule has 2 aromatic heterocycles. The fraction of sp³-hybridized carbons (Fsp3) is 0.143. The molecule has 0 unspecified atom stereocenters. The molecule has 1 aromatic carbocycles. The predicted octanol–water partition coefficient (Wildman–Crippen LogP) is 3.31. The molecule has 0 fully saturated rings. The lowest BCUT2D eigenvalue weighted by Crippen LogP contribution is -1.99. The molecule has 96 valence electrons. The van der Waals surface area contributed by atoms with Crippen molar-refractivity contribution in [3.63, 3.8) is 0 Å². The lowest BCUT2D eigenvalue weighted by molar-refractivity contribution is 0.0697. The molecule has 2 heterocycles. The second-order valence-corrected chi connectivity index (χ2v) is 5.57. The van der Waals surface area contributed by atoms with Gasteiger partial charge in [0.05, 0.1) is 16.8 Å². The van der Waals surface area contributed by atoms with Gasteiger partial charge in [0, 0.05) is 11.7 Å². The number of benzene rings is 1. The van der Waals surface area contributed by atoms with Crippen molar-refractivity contribution >= 4 is 27.4 Å². The van der Waals surface area contributed by atoms with E-state index in [-0.39, 0.29) is 5.56 Å². The van der Waals surface area contributed by atoms with Crippen LogP contribution < -0.4 is 0 Å². The molecule has 5 heteroatoms. The first kappa shape index (κ1) is 11.9. The summed E-state index contributed by atoms with van der Waals surface area (Å²) in [6.45, 7) is 2.05. The van der Waals surface area contributed by atoms with E-state index in [9.17, 15) is 9.90 Å². The molecule has 0 aliphatic rings. The van der Waals surface area contributed by atoms with Gasteiger partial charge in [-0.05, 0) is 24.4 Å². The number of rotatable bonds is 2. The summed E-state index contributed by atoms with van der Waals surface area (Å²) in [6.07, 6.45) is 1.40. The zero-order valence-electron chi connectivity index (χ0n) is 10.5. The van der Waals surface area contributed by atoms with Gasteiger partial charge in [0.15, 0.2) is 0 Å². The second kappa shape index (κ2) is 4.20. The molecule has 0 atom stereocenters. The standard InChI is InChI=1S/C14H12N2O2S/c1-8-3-4-11-9(5-8)6-12(19-11)13-10(14(17)18)7-15-16(13)2/h3-7H,1-2H3,(H,17,18). The summed E-state index contributed by atoms with van der Waals surface area (Å²) in [5.74, 6) is -0.947. The average molecular weight is 272 g/mol. The second-order valence-electron chi connectivity index (χ2n) is 4.49. The van der Waals surface area contributed by atoms with Crippen molar-refractivity contribution in [2.24, 2.45) is 7.05 Å². The Morgan fingerprint density at radius 1 is 1.37 bits per heavy atom. The molecule has 0 aliphatic carbocycles. The number of carboxylic acids is 1. The number of aromatic nitrogens is 2. The Morgan fingerprint density at radius 3 is 2.89 bits per heavy atom. The number of aromatic carboxylic acids is 1. The van der Waals surface area contributed by atoms with Gasteiger partial charge < -0.3 is 5.11 Å². The number of thiophene rings is 1.